The summed E-state index contributed by atoms with van der Waals surface area (Å²) in [5.74, 6) is -0.638. The summed E-state index contributed by atoms with van der Waals surface area (Å²) in [6.45, 7) is -1.08. The molecule has 0 bridgehead atoms. The topological polar surface area (TPSA) is 257 Å². The van der Waals surface area contributed by atoms with Crippen LogP contribution in [0.1, 0.15) is 6.92 Å². The lowest BCUT2D eigenvalue weighted by molar-refractivity contribution is -0.364. The summed E-state index contributed by atoms with van der Waals surface area (Å²) >= 11 is 3.98. The molecule has 3 aliphatic heterocycles. The Morgan fingerprint density at radius 3 is 1.81 bits per heavy atom. The molecule has 3 heterocycles. The largest absolute Gasteiger partial charge is 0.394 e. The molecule has 10 N–H and O–H groups in total. The highest BCUT2D eigenvalue weighted by atomic mass is 32.1. The van der Waals surface area contributed by atoms with Crippen molar-refractivity contribution in [3.63, 3.8) is 0 Å². The highest BCUT2D eigenvalue weighted by Crippen LogP contribution is 2.32. The van der Waals surface area contributed by atoms with Crippen LogP contribution in [0.2, 0.25) is 0 Å². The fourth-order valence-corrected chi connectivity index (χ4v) is 4.79. The van der Waals surface area contributed by atoms with E-state index in [2.05, 4.69) is 17.9 Å². The van der Waals surface area contributed by atoms with Crippen LogP contribution in [0.15, 0.2) is 0 Å². The molecule has 3 aliphatic rings. The SMILES string of the molecule is CC(=O)N[C@H]1[C@H](O[C@H]2[C@@H](O)[C@@H](CO)O[C@@H](O[C@H]3[C@H](O)[C@@H](O)[C@H](S)O[C@@H]3CO)[C@@H]2O)O[C@H](CO)[C@@H](O)[C@@H]1O. The van der Waals surface area contributed by atoms with E-state index in [0.29, 0.717) is 0 Å². The summed E-state index contributed by atoms with van der Waals surface area (Å²) in [6, 6.07) is -1.40. The Kier molecular flexibility index (Phi) is 10.9. The van der Waals surface area contributed by atoms with Crippen LogP contribution in [0.5, 0.6) is 0 Å². The minimum absolute atomic E-state index is 0.638. The van der Waals surface area contributed by atoms with Gasteiger partial charge in [-0.2, -0.15) is 0 Å². The maximum atomic E-state index is 11.7. The summed E-state index contributed by atoms with van der Waals surface area (Å²) < 4.78 is 27.5. The van der Waals surface area contributed by atoms with Gasteiger partial charge in [0.25, 0.3) is 0 Å². The number of hydrogen-bond donors (Lipinski definition) is 11. The minimum Gasteiger partial charge on any atom is -0.394 e. The minimum atomic E-state index is -1.87. The van der Waals surface area contributed by atoms with E-state index in [9.17, 15) is 50.8 Å². The van der Waals surface area contributed by atoms with E-state index in [1.807, 2.05) is 0 Å². The molecule has 0 aliphatic carbocycles. The van der Waals surface area contributed by atoms with Crippen LogP contribution < -0.4 is 5.32 Å². The molecular weight excluding hydrogens is 526 g/mol. The van der Waals surface area contributed by atoms with Gasteiger partial charge in [0.15, 0.2) is 12.6 Å². The van der Waals surface area contributed by atoms with Gasteiger partial charge in [0.2, 0.25) is 5.91 Å². The number of nitrogens with one attached hydrogen (secondary N) is 1. The normalized spacial score (nSPS) is 49.0. The molecule has 15 atom stereocenters. The zero-order valence-electron chi connectivity index (χ0n) is 19.7. The Morgan fingerprint density at radius 1 is 0.703 bits per heavy atom. The maximum Gasteiger partial charge on any atom is 0.217 e. The van der Waals surface area contributed by atoms with Gasteiger partial charge in [-0.3, -0.25) is 4.79 Å². The second kappa shape index (κ2) is 13.1. The molecule has 0 aromatic heterocycles. The number of carbonyl (C=O) groups excluding carboxylic acids is 1. The summed E-state index contributed by atoms with van der Waals surface area (Å²) in [6.07, 6.45) is -20.5. The van der Waals surface area contributed by atoms with Crippen LogP contribution >= 0.6 is 12.6 Å². The maximum absolute atomic E-state index is 11.7. The summed E-state index contributed by atoms with van der Waals surface area (Å²) in [5, 5.41) is 94.0. The Bertz CT molecular complexity index is 751. The van der Waals surface area contributed by atoms with Crippen molar-refractivity contribution in [2.24, 2.45) is 0 Å². The van der Waals surface area contributed by atoms with E-state index in [4.69, 9.17) is 23.7 Å². The van der Waals surface area contributed by atoms with Crippen molar-refractivity contribution >= 4 is 18.5 Å². The number of hydrogen-bond acceptors (Lipinski definition) is 16. The lowest BCUT2D eigenvalue weighted by Gasteiger charge is -2.48. The average Bonchev–Trinajstić information content (AvgIpc) is 2.86. The molecule has 16 nitrogen and oxygen atoms in total. The third-order valence-corrected chi connectivity index (χ3v) is 6.92. The molecule has 1 amide bonds. The molecule has 37 heavy (non-hydrogen) atoms. The Balaban J connectivity index is 1.83. The van der Waals surface area contributed by atoms with Crippen LogP contribution in [-0.2, 0) is 28.5 Å². The number of rotatable bonds is 8. The molecule has 0 radical (unpaired) electrons. The van der Waals surface area contributed by atoms with Crippen LogP contribution in [-0.4, -0.2) is 163 Å². The highest BCUT2D eigenvalue weighted by Gasteiger charge is 2.53. The summed E-state index contributed by atoms with van der Waals surface area (Å²) in [5.41, 5.74) is -1.15. The molecule has 17 heteroatoms. The molecule has 0 unspecified atom stereocenters. The molecule has 0 spiro atoms. The number of aliphatic hydroxyl groups excluding tert-OH is 9. The molecule has 0 saturated carbocycles. The number of amides is 1. The third-order valence-electron chi connectivity index (χ3n) is 6.49. The third kappa shape index (κ3) is 6.53. The van der Waals surface area contributed by atoms with Crippen molar-refractivity contribution < 1.29 is 74.4 Å². The van der Waals surface area contributed by atoms with E-state index < -0.39 is 117 Å². The van der Waals surface area contributed by atoms with Gasteiger partial charge in [-0.15, -0.1) is 12.6 Å². The second-order valence-electron chi connectivity index (χ2n) is 9.07. The monoisotopic (exact) mass is 561 g/mol. The first-order chi connectivity index (χ1) is 17.4. The van der Waals surface area contributed by atoms with E-state index in [-0.39, 0.29) is 0 Å². The van der Waals surface area contributed by atoms with Gasteiger partial charge in [-0.25, -0.2) is 0 Å². The number of aliphatic hydroxyl groups is 9. The van der Waals surface area contributed by atoms with Gasteiger partial charge in [0.05, 0.1) is 19.8 Å². The summed E-state index contributed by atoms with van der Waals surface area (Å²) in [7, 11) is 0. The van der Waals surface area contributed by atoms with Crippen molar-refractivity contribution in [2.45, 2.75) is 98.1 Å². The molecule has 0 aromatic carbocycles. The van der Waals surface area contributed by atoms with E-state index in [1.165, 1.54) is 0 Å². The molecule has 3 rings (SSSR count). The second-order valence-corrected chi connectivity index (χ2v) is 9.58. The zero-order chi connectivity index (χ0) is 27.6. The lowest BCUT2D eigenvalue weighted by atomic mass is 9.95. The smallest absolute Gasteiger partial charge is 0.217 e. The summed E-state index contributed by atoms with van der Waals surface area (Å²) in [4.78, 5) is 11.7. The lowest BCUT2D eigenvalue weighted by Crippen LogP contribution is -2.68. The van der Waals surface area contributed by atoms with Crippen molar-refractivity contribution in [3.05, 3.63) is 0 Å². The van der Waals surface area contributed by atoms with Crippen molar-refractivity contribution in [3.8, 4) is 0 Å². The molecular formula is C20H35NO15S. The van der Waals surface area contributed by atoms with Gasteiger partial charge < -0.3 is 75.0 Å². The molecule has 216 valence electrons. The Hall–Kier alpha value is -0.740. The van der Waals surface area contributed by atoms with Crippen LogP contribution in [0.3, 0.4) is 0 Å². The van der Waals surface area contributed by atoms with Gasteiger partial charge in [0.1, 0.15) is 78.6 Å². The Morgan fingerprint density at radius 2 is 1.24 bits per heavy atom. The van der Waals surface area contributed by atoms with E-state index in [1.54, 1.807) is 0 Å². The Labute approximate surface area is 216 Å². The number of carbonyl (C=O) groups is 1. The fourth-order valence-electron chi connectivity index (χ4n) is 4.46. The van der Waals surface area contributed by atoms with Crippen molar-refractivity contribution in [1.29, 1.82) is 0 Å². The van der Waals surface area contributed by atoms with Crippen LogP contribution in [0, 0.1) is 0 Å². The first kappa shape index (κ1) is 30.8. The van der Waals surface area contributed by atoms with Gasteiger partial charge in [0, 0.05) is 6.92 Å². The van der Waals surface area contributed by atoms with Gasteiger partial charge in [-0.1, -0.05) is 0 Å². The van der Waals surface area contributed by atoms with E-state index >= 15 is 0 Å². The number of ether oxygens (including phenoxy) is 5. The van der Waals surface area contributed by atoms with Gasteiger partial charge >= 0.3 is 0 Å². The van der Waals surface area contributed by atoms with Crippen molar-refractivity contribution in [2.75, 3.05) is 19.8 Å². The molecule has 0 aromatic rings. The first-order valence-electron chi connectivity index (χ1n) is 11.6. The first-order valence-corrected chi connectivity index (χ1v) is 12.1. The van der Waals surface area contributed by atoms with Crippen LogP contribution in [0.25, 0.3) is 0 Å². The van der Waals surface area contributed by atoms with Crippen molar-refractivity contribution in [1.82, 2.24) is 5.32 Å². The fraction of sp³-hybridized carbons (Fsp3) is 0.950. The predicted molar refractivity (Wildman–Crippen MR) is 120 cm³/mol. The van der Waals surface area contributed by atoms with E-state index in [0.717, 1.165) is 6.92 Å². The highest BCUT2D eigenvalue weighted by molar-refractivity contribution is 7.80. The number of thiol groups is 1. The molecule has 3 fully saturated rings. The average molecular weight is 562 g/mol. The quantitative estimate of drug-likeness (QED) is 0.123. The van der Waals surface area contributed by atoms with Gasteiger partial charge in [-0.05, 0) is 0 Å². The predicted octanol–water partition coefficient (Wildman–Crippen LogP) is -6.49. The zero-order valence-corrected chi connectivity index (χ0v) is 20.6. The molecule has 3 saturated heterocycles. The standard InChI is InChI=1S/C20H35NO15S/c1-5(25)21-9-12(28)10(26)6(2-22)32-18(9)36-17-11(27)7(3-23)33-19(15(17)31)35-16-8(4-24)34-20(37)14(30)13(16)29/h6-20,22-24,26-31,37H,2-4H2,1H3,(H,21,25)/t6-,7-,8-,9-,10-,11+,12-,13-,14-,15-,16-,17+,18+,19+,20+/m1/s1. The van der Waals surface area contributed by atoms with Crippen LogP contribution in [0.4, 0.5) is 0 Å².